The molecule has 1 amide bonds. The van der Waals surface area contributed by atoms with Crippen LogP contribution in [0.2, 0.25) is 0 Å². The smallest absolute Gasteiger partial charge is 0.254 e. The number of benzene rings is 2. The fourth-order valence-electron chi connectivity index (χ4n) is 3.11. The molecule has 3 aromatic rings. The molecule has 0 aliphatic heterocycles. The number of hydrogen-bond donors (Lipinski definition) is 4. The molecule has 9 heteroatoms. The number of amides is 1. The molecule has 0 saturated carbocycles. The van der Waals surface area contributed by atoms with Crippen molar-refractivity contribution in [3.05, 3.63) is 84.1 Å². The molecule has 0 spiro atoms. The number of nitrogens with two attached hydrogens (primary N) is 1. The van der Waals surface area contributed by atoms with Gasteiger partial charge in [-0.1, -0.05) is 30.3 Å². The number of ether oxygens (including phenoxy) is 2. The number of aliphatic hydroxyl groups is 2. The van der Waals surface area contributed by atoms with E-state index < -0.39 is 31.0 Å². The minimum absolute atomic E-state index is 0.105. The summed E-state index contributed by atoms with van der Waals surface area (Å²) in [6.07, 6.45) is -0.588. The van der Waals surface area contributed by atoms with Crippen molar-refractivity contribution in [1.29, 1.82) is 0 Å². The molecular weight excluding hydrogens is 429 g/mol. The summed E-state index contributed by atoms with van der Waals surface area (Å²) in [5.41, 5.74) is 6.36. The number of hydrogen-bond acceptors (Lipinski definition) is 7. The number of carbonyl (C=O) groups is 1. The summed E-state index contributed by atoms with van der Waals surface area (Å²) in [5.74, 6) is 0.375. The van der Waals surface area contributed by atoms with Crippen molar-refractivity contribution >= 4 is 5.91 Å². The first-order valence-electron chi connectivity index (χ1n) is 10.3. The van der Waals surface area contributed by atoms with Crippen LogP contribution in [0.15, 0.2) is 72.9 Å². The highest BCUT2D eigenvalue weighted by Crippen LogP contribution is 2.23. The maximum Gasteiger partial charge on any atom is 0.254 e. The standard InChI is InChI=1S/C24H26FN3O5/c25-14-21(30)24(33-18-5-2-1-3-6-18)28-17(15-29)13-16-8-10-19(11-9-16)32-23-20(22(26)31)7-4-12-27-23/h1-12,17,21,24,28-30H,13-15H2,(H2,26,31)/t17?,21-,24?/m1/s1. The molecule has 2 unspecified atom stereocenters. The van der Waals surface area contributed by atoms with E-state index in [2.05, 4.69) is 10.3 Å². The summed E-state index contributed by atoms with van der Waals surface area (Å²) in [6, 6.07) is 18.3. The van der Waals surface area contributed by atoms with Crippen LogP contribution in [0.1, 0.15) is 15.9 Å². The van der Waals surface area contributed by atoms with Crippen LogP contribution >= 0.6 is 0 Å². The molecule has 3 rings (SSSR count). The van der Waals surface area contributed by atoms with E-state index in [-0.39, 0.29) is 18.1 Å². The number of halogens is 1. The van der Waals surface area contributed by atoms with Gasteiger partial charge in [0.2, 0.25) is 5.88 Å². The van der Waals surface area contributed by atoms with Crippen LogP contribution in [0.5, 0.6) is 17.4 Å². The minimum Gasteiger partial charge on any atom is -0.472 e. The molecule has 33 heavy (non-hydrogen) atoms. The van der Waals surface area contributed by atoms with Gasteiger partial charge >= 0.3 is 0 Å². The molecule has 1 heterocycles. The average molecular weight is 455 g/mol. The first kappa shape index (κ1) is 24.1. The van der Waals surface area contributed by atoms with Crippen molar-refractivity contribution in [1.82, 2.24) is 10.3 Å². The summed E-state index contributed by atoms with van der Waals surface area (Å²) < 4.78 is 24.5. The first-order chi connectivity index (χ1) is 16.0. The van der Waals surface area contributed by atoms with Crippen molar-refractivity contribution in [2.45, 2.75) is 24.8 Å². The van der Waals surface area contributed by atoms with Gasteiger partial charge in [0.25, 0.3) is 5.91 Å². The van der Waals surface area contributed by atoms with Gasteiger partial charge in [0.05, 0.1) is 6.61 Å². The zero-order valence-electron chi connectivity index (χ0n) is 17.8. The second-order valence-corrected chi connectivity index (χ2v) is 7.29. The third kappa shape index (κ3) is 6.98. The van der Waals surface area contributed by atoms with E-state index >= 15 is 0 Å². The monoisotopic (exact) mass is 455 g/mol. The summed E-state index contributed by atoms with van der Waals surface area (Å²) in [4.78, 5) is 15.6. The van der Waals surface area contributed by atoms with Crippen LogP contribution in [-0.4, -0.2) is 52.8 Å². The molecule has 0 saturated heterocycles. The molecular formula is C24H26FN3O5. The van der Waals surface area contributed by atoms with Gasteiger partial charge in [0, 0.05) is 12.2 Å². The maximum atomic E-state index is 13.1. The lowest BCUT2D eigenvalue weighted by Gasteiger charge is -2.28. The van der Waals surface area contributed by atoms with Gasteiger partial charge < -0.3 is 25.4 Å². The average Bonchev–Trinajstić information content (AvgIpc) is 2.84. The van der Waals surface area contributed by atoms with Crippen LogP contribution in [0, 0.1) is 0 Å². The van der Waals surface area contributed by atoms with E-state index in [9.17, 15) is 19.4 Å². The number of para-hydroxylation sites is 1. The highest BCUT2D eigenvalue weighted by atomic mass is 19.1. The van der Waals surface area contributed by atoms with E-state index in [1.165, 1.54) is 12.3 Å². The second kappa shape index (κ2) is 11.9. The molecule has 1 aromatic heterocycles. The SMILES string of the molecule is NC(=O)c1cccnc1Oc1ccc(CC(CO)NC(Oc2ccccc2)[C@H](O)CF)cc1. The highest BCUT2D eigenvalue weighted by Gasteiger charge is 2.24. The predicted octanol–water partition coefficient (Wildman–Crippen LogP) is 2.20. The Morgan fingerprint density at radius 1 is 1.06 bits per heavy atom. The zero-order valence-corrected chi connectivity index (χ0v) is 17.8. The van der Waals surface area contributed by atoms with Crippen LogP contribution in [0.4, 0.5) is 4.39 Å². The molecule has 0 aliphatic carbocycles. The third-order valence-corrected chi connectivity index (χ3v) is 4.79. The number of rotatable bonds is 12. The summed E-state index contributed by atoms with van der Waals surface area (Å²) in [6.45, 7) is -1.27. The minimum atomic E-state index is -1.41. The summed E-state index contributed by atoms with van der Waals surface area (Å²) in [5, 5.41) is 22.8. The third-order valence-electron chi connectivity index (χ3n) is 4.79. The number of nitrogens with zero attached hydrogens (tertiary/aromatic N) is 1. The second-order valence-electron chi connectivity index (χ2n) is 7.29. The summed E-state index contributed by atoms with van der Waals surface area (Å²) >= 11 is 0. The Hall–Kier alpha value is -3.53. The van der Waals surface area contributed by atoms with Gasteiger partial charge in [0.15, 0.2) is 6.23 Å². The molecule has 5 N–H and O–H groups in total. The van der Waals surface area contributed by atoms with E-state index in [0.29, 0.717) is 17.9 Å². The van der Waals surface area contributed by atoms with Crippen molar-refractivity contribution < 1.29 is 28.9 Å². The maximum absolute atomic E-state index is 13.1. The molecule has 0 fully saturated rings. The molecule has 0 aliphatic rings. The molecule has 2 aromatic carbocycles. The Morgan fingerprint density at radius 2 is 1.79 bits per heavy atom. The van der Waals surface area contributed by atoms with Crippen LogP contribution in [-0.2, 0) is 6.42 Å². The molecule has 174 valence electrons. The Morgan fingerprint density at radius 3 is 2.42 bits per heavy atom. The normalized spacial score (nSPS) is 13.7. The van der Waals surface area contributed by atoms with Gasteiger partial charge in [-0.05, 0) is 48.4 Å². The lowest BCUT2D eigenvalue weighted by Crippen LogP contribution is -2.51. The summed E-state index contributed by atoms with van der Waals surface area (Å²) in [7, 11) is 0. The fraction of sp³-hybridized carbons (Fsp3) is 0.250. The largest absolute Gasteiger partial charge is 0.472 e. The van der Waals surface area contributed by atoms with Gasteiger partial charge in [-0.25, -0.2) is 9.37 Å². The zero-order chi connectivity index (χ0) is 23.6. The number of aliphatic hydroxyl groups excluding tert-OH is 2. The van der Waals surface area contributed by atoms with E-state index in [1.54, 1.807) is 54.6 Å². The van der Waals surface area contributed by atoms with Crippen molar-refractivity contribution in [2.75, 3.05) is 13.3 Å². The lowest BCUT2D eigenvalue weighted by molar-refractivity contribution is -0.00874. The number of aromatic nitrogens is 1. The van der Waals surface area contributed by atoms with Crippen LogP contribution < -0.4 is 20.5 Å². The van der Waals surface area contributed by atoms with Gasteiger partial charge in [-0.15, -0.1) is 0 Å². The first-order valence-corrected chi connectivity index (χ1v) is 10.3. The Balaban J connectivity index is 1.65. The highest BCUT2D eigenvalue weighted by molar-refractivity contribution is 5.95. The Labute approximate surface area is 190 Å². The molecule has 3 atom stereocenters. The van der Waals surface area contributed by atoms with E-state index in [1.807, 2.05) is 6.07 Å². The quantitative estimate of drug-likeness (QED) is 0.308. The van der Waals surface area contributed by atoms with Gasteiger partial charge in [0.1, 0.15) is 29.8 Å². The number of pyridine rings is 1. The number of carbonyl (C=O) groups excluding carboxylic acids is 1. The van der Waals surface area contributed by atoms with Crippen LogP contribution in [0.25, 0.3) is 0 Å². The lowest BCUT2D eigenvalue weighted by atomic mass is 10.1. The topological polar surface area (TPSA) is 127 Å². The van der Waals surface area contributed by atoms with Gasteiger partial charge in [-0.2, -0.15) is 0 Å². The van der Waals surface area contributed by atoms with Crippen LogP contribution in [0.3, 0.4) is 0 Å². The van der Waals surface area contributed by atoms with E-state index in [0.717, 1.165) is 5.56 Å². The van der Waals surface area contributed by atoms with Crippen molar-refractivity contribution in [3.63, 3.8) is 0 Å². The fourth-order valence-corrected chi connectivity index (χ4v) is 3.11. The number of nitrogens with one attached hydrogen (secondary N) is 1. The number of alkyl halides is 1. The molecule has 0 bridgehead atoms. The predicted molar refractivity (Wildman–Crippen MR) is 120 cm³/mol. The molecule has 8 nitrogen and oxygen atoms in total. The van der Waals surface area contributed by atoms with E-state index in [4.69, 9.17) is 15.2 Å². The van der Waals surface area contributed by atoms with Crippen molar-refractivity contribution in [3.8, 4) is 17.4 Å². The van der Waals surface area contributed by atoms with Gasteiger partial charge in [-0.3, -0.25) is 10.1 Å². The Kier molecular flexibility index (Phi) is 8.71. The molecule has 0 radical (unpaired) electrons. The Bertz CT molecular complexity index is 1020. The van der Waals surface area contributed by atoms with Crippen molar-refractivity contribution in [2.24, 2.45) is 5.73 Å². The number of primary amides is 1.